The van der Waals surface area contributed by atoms with Crippen molar-refractivity contribution in [1.29, 1.82) is 0 Å². The maximum Gasteiger partial charge on any atom is 0.303 e. The smallest absolute Gasteiger partial charge is 0.303 e. The molecule has 2 N–H and O–H groups in total. The van der Waals surface area contributed by atoms with Crippen LogP contribution in [0.5, 0.6) is 0 Å². The number of aliphatic carboxylic acids is 1. The largest absolute Gasteiger partial charge is 0.481 e. The zero-order chi connectivity index (χ0) is 9.90. The SMILES string of the molecule is CC1(O)CCCC(CCC(=O)O)C1. The highest BCUT2D eigenvalue weighted by Gasteiger charge is 2.29. The molecule has 3 heteroatoms. The first-order chi connectivity index (χ1) is 5.99. The summed E-state index contributed by atoms with van der Waals surface area (Å²) in [5.74, 6) is -0.329. The molecule has 0 aromatic heterocycles. The maximum atomic E-state index is 10.3. The number of hydrogen-bond donors (Lipinski definition) is 2. The lowest BCUT2D eigenvalue weighted by molar-refractivity contribution is -0.137. The molecule has 0 amide bonds. The molecule has 1 fully saturated rings. The minimum absolute atomic E-state index is 0.237. The summed E-state index contributed by atoms with van der Waals surface area (Å²) < 4.78 is 0. The maximum absolute atomic E-state index is 10.3. The fourth-order valence-corrected chi connectivity index (χ4v) is 2.17. The monoisotopic (exact) mass is 186 g/mol. The summed E-state index contributed by atoms with van der Waals surface area (Å²) in [6.07, 6.45) is 4.67. The Labute approximate surface area is 78.8 Å². The van der Waals surface area contributed by atoms with Gasteiger partial charge in [-0.2, -0.15) is 0 Å². The second-order valence-electron chi connectivity index (χ2n) is 4.39. The number of hydrogen-bond acceptors (Lipinski definition) is 2. The van der Waals surface area contributed by atoms with E-state index >= 15 is 0 Å². The van der Waals surface area contributed by atoms with Crippen LogP contribution in [0.25, 0.3) is 0 Å². The van der Waals surface area contributed by atoms with Crippen LogP contribution in [0, 0.1) is 5.92 Å². The Kier molecular flexibility index (Phi) is 3.31. The van der Waals surface area contributed by atoms with Crippen LogP contribution >= 0.6 is 0 Å². The van der Waals surface area contributed by atoms with Crippen molar-refractivity contribution >= 4 is 5.97 Å². The Hall–Kier alpha value is -0.570. The van der Waals surface area contributed by atoms with E-state index in [0.29, 0.717) is 12.3 Å². The van der Waals surface area contributed by atoms with E-state index in [0.717, 1.165) is 25.7 Å². The molecule has 1 aliphatic rings. The van der Waals surface area contributed by atoms with Crippen LogP contribution in [0.4, 0.5) is 0 Å². The van der Waals surface area contributed by atoms with Gasteiger partial charge in [0.1, 0.15) is 0 Å². The summed E-state index contributed by atoms with van der Waals surface area (Å²) in [5.41, 5.74) is -0.554. The van der Waals surface area contributed by atoms with E-state index in [1.165, 1.54) is 0 Å². The van der Waals surface area contributed by atoms with E-state index in [4.69, 9.17) is 5.11 Å². The Morgan fingerprint density at radius 1 is 1.62 bits per heavy atom. The standard InChI is InChI=1S/C10H18O3/c1-10(13)6-2-3-8(7-10)4-5-9(11)12/h8,13H,2-7H2,1H3,(H,11,12). The molecule has 0 saturated heterocycles. The van der Waals surface area contributed by atoms with Gasteiger partial charge in [0.2, 0.25) is 0 Å². The molecule has 0 spiro atoms. The van der Waals surface area contributed by atoms with Crippen LogP contribution in [0.1, 0.15) is 45.4 Å². The number of carboxylic acids is 1. The van der Waals surface area contributed by atoms with Gasteiger partial charge in [-0.1, -0.05) is 12.8 Å². The lowest BCUT2D eigenvalue weighted by Crippen LogP contribution is -2.31. The number of aliphatic hydroxyl groups is 1. The van der Waals surface area contributed by atoms with Crippen molar-refractivity contribution in [2.75, 3.05) is 0 Å². The van der Waals surface area contributed by atoms with Gasteiger partial charge in [-0.05, 0) is 32.1 Å². The van der Waals surface area contributed by atoms with Crippen molar-refractivity contribution in [1.82, 2.24) is 0 Å². The van der Waals surface area contributed by atoms with E-state index in [1.54, 1.807) is 0 Å². The third-order valence-electron chi connectivity index (χ3n) is 2.82. The number of carbonyl (C=O) groups is 1. The van der Waals surface area contributed by atoms with E-state index in [-0.39, 0.29) is 6.42 Å². The van der Waals surface area contributed by atoms with Gasteiger partial charge in [0, 0.05) is 6.42 Å². The normalized spacial score (nSPS) is 34.5. The van der Waals surface area contributed by atoms with E-state index in [1.807, 2.05) is 6.92 Å². The zero-order valence-electron chi connectivity index (χ0n) is 8.12. The fourth-order valence-electron chi connectivity index (χ4n) is 2.17. The molecule has 2 atom stereocenters. The molecule has 0 aliphatic heterocycles. The number of rotatable bonds is 3. The molecule has 1 rings (SSSR count). The Balaban J connectivity index is 2.30. The first kappa shape index (κ1) is 10.5. The van der Waals surface area contributed by atoms with Crippen molar-refractivity contribution in [3.8, 4) is 0 Å². The number of carboxylic acid groups (broad SMARTS) is 1. The third kappa shape index (κ3) is 3.77. The van der Waals surface area contributed by atoms with Crippen LogP contribution in [0.2, 0.25) is 0 Å². The molecular weight excluding hydrogens is 168 g/mol. The fraction of sp³-hybridized carbons (Fsp3) is 0.900. The van der Waals surface area contributed by atoms with Gasteiger partial charge >= 0.3 is 5.97 Å². The quantitative estimate of drug-likeness (QED) is 0.706. The molecule has 2 unspecified atom stereocenters. The molecule has 0 bridgehead atoms. The van der Waals surface area contributed by atoms with Crippen LogP contribution in [0.15, 0.2) is 0 Å². The van der Waals surface area contributed by atoms with E-state index < -0.39 is 11.6 Å². The first-order valence-electron chi connectivity index (χ1n) is 4.94. The highest BCUT2D eigenvalue weighted by Crippen LogP contribution is 2.34. The van der Waals surface area contributed by atoms with Crippen LogP contribution in [-0.4, -0.2) is 21.8 Å². The summed E-state index contributed by atoms with van der Waals surface area (Å²) in [7, 11) is 0. The third-order valence-corrected chi connectivity index (χ3v) is 2.82. The molecule has 0 aromatic carbocycles. The molecule has 76 valence electrons. The summed E-state index contributed by atoms with van der Waals surface area (Å²) in [6.45, 7) is 1.85. The average Bonchev–Trinajstić information content (AvgIpc) is 1.99. The summed E-state index contributed by atoms with van der Waals surface area (Å²) in [6, 6.07) is 0. The van der Waals surface area contributed by atoms with Gasteiger partial charge < -0.3 is 10.2 Å². The van der Waals surface area contributed by atoms with Crippen molar-refractivity contribution in [2.24, 2.45) is 5.92 Å². The molecule has 0 aromatic rings. The summed E-state index contributed by atoms with van der Waals surface area (Å²) in [4.78, 5) is 10.3. The van der Waals surface area contributed by atoms with Gasteiger partial charge in [0.25, 0.3) is 0 Å². The highest BCUT2D eigenvalue weighted by molar-refractivity contribution is 5.66. The molecular formula is C10H18O3. The lowest BCUT2D eigenvalue weighted by atomic mass is 9.77. The first-order valence-corrected chi connectivity index (χ1v) is 4.94. The second-order valence-corrected chi connectivity index (χ2v) is 4.39. The minimum Gasteiger partial charge on any atom is -0.481 e. The van der Waals surface area contributed by atoms with Crippen LogP contribution in [-0.2, 0) is 4.79 Å². The van der Waals surface area contributed by atoms with Gasteiger partial charge in [0.15, 0.2) is 0 Å². The summed E-state index contributed by atoms with van der Waals surface area (Å²) >= 11 is 0. The van der Waals surface area contributed by atoms with Crippen molar-refractivity contribution in [2.45, 2.75) is 51.0 Å². The Morgan fingerprint density at radius 3 is 2.85 bits per heavy atom. The van der Waals surface area contributed by atoms with Gasteiger partial charge in [0.05, 0.1) is 5.60 Å². The van der Waals surface area contributed by atoms with Gasteiger partial charge in [-0.15, -0.1) is 0 Å². The van der Waals surface area contributed by atoms with Crippen molar-refractivity contribution in [3.63, 3.8) is 0 Å². The predicted octanol–water partition coefficient (Wildman–Crippen LogP) is 1.79. The van der Waals surface area contributed by atoms with Gasteiger partial charge in [-0.3, -0.25) is 4.79 Å². The minimum atomic E-state index is -0.731. The summed E-state index contributed by atoms with van der Waals surface area (Å²) in [5, 5.41) is 18.3. The molecule has 1 aliphatic carbocycles. The van der Waals surface area contributed by atoms with Crippen molar-refractivity contribution < 1.29 is 15.0 Å². The molecule has 13 heavy (non-hydrogen) atoms. The second kappa shape index (κ2) is 4.09. The Bertz CT molecular complexity index is 187. The molecule has 3 nitrogen and oxygen atoms in total. The van der Waals surface area contributed by atoms with Crippen LogP contribution in [0.3, 0.4) is 0 Å². The lowest BCUT2D eigenvalue weighted by Gasteiger charge is -2.33. The van der Waals surface area contributed by atoms with Gasteiger partial charge in [-0.25, -0.2) is 0 Å². The predicted molar refractivity (Wildman–Crippen MR) is 49.5 cm³/mol. The Morgan fingerprint density at radius 2 is 2.31 bits per heavy atom. The van der Waals surface area contributed by atoms with Crippen LogP contribution < -0.4 is 0 Å². The zero-order valence-corrected chi connectivity index (χ0v) is 8.12. The average molecular weight is 186 g/mol. The highest BCUT2D eigenvalue weighted by atomic mass is 16.4. The van der Waals surface area contributed by atoms with E-state index in [9.17, 15) is 9.90 Å². The topological polar surface area (TPSA) is 57.5 Å². The molecule has 1 saturated carbocycles. The van der Waals surface area contributed by atoms with Crippen molar-refractivity contribution in [3.05, 3.63) is 0 Å². The molecule has 0 heterocycles. The molecule has 0 radical (unpaired) electrons. The van der Waals surface area contributed by atoms with E-state index in [2.05, 4.69) is 0 Å².